The lowest BCUT2D eigenvalue weighted by Gasteiger charge is -2.28. The number of carboxylic acids is 1. The molecule has 0 saturated carbocycles. The molecule has 2 rings (SSSR count). The molecule has 0 radical (unpaired) electrons. The predicted octanol–water partition coefficient (Wildman–Crippen LogP) is 3.89. The fraction of sp³-hybridized carbons (Fsp3) is 0.556. The van der Waals surface area contributed by atoms with E-state index in [1.54, 1.807) is 17.0 Å². The highest BCUT2D eigenvalue weighted by molar-refractivity contribution is 5.89. The Morgan fingerprint density at radius 2 is 1.91 bits per heavy atom. The van der Waals surface area contributed by atoms with Crippen molar-refractivity contribution >= 4 is 12.1 Å². The van der Waals surface area contributed by atoms with Gasteiger partial charge in [-0.15, -0.1) is 0 Å². The fourth-order valence-electron chi connectivity index (χ4n) is 2.94. The molecule has 0 unspecified atom stereocenters. The van der Waals surface area contributed by atoms with Crippen LogP contribution in [0.15, 0.2) is 24.3 Å². The Morgan fingerprint density at radius 3 is 2.57 bits per heavy atom. The smallest absolute Gasteiger partial charge is 0.410 e. The van der Waals surface area contributed by atoms with Gasteiger partial charge in [-0.05, 0) is 45.2 Å². The SMILES string of the molecule is CC(C)(C)OC(=O)N1CCCC[C@H](c2ccccc2C(=O)O)C1. The predicted molar refractivity (Wildman–Crippen MR) is 87.8 cm³/mol. The maximum atomic E-state index is 12.3. The van der Waals surface area contributed by atoms with Gasteiger partial charge in [0.05, 0.1) is 5.56 Å². The highest BCUT2D eigenvalue weighted by Crippen LogP contribution is 2.29. The normalized spacial score (nSPS) is 19.1. The van der Waals surface area contributed by atoms with Crippen molar-refractivity contribution in [3.63, 3.8) is 0 Å². The molecule has 1 aliphatic rings. The minimum atomic E-state index is -0.923. The van der Waals surface area contributed by atoms with Gasteiger partial charge in [0.15, 0.2) is 0 Å². The Kier molecular flexibility index (Phi) is 5.29. The minimum absolute atomic E-state index is 0.0253. The molecule has 1 N–H and O–H groups in total. The van der Waals surface area contributed by atoms with Crippen molar-refractivity contribution in [2.24, 2.45) is 0 Å². The number of aromatic carboxylic acids is 1. The summed E-state index contributed by atoms with van der Waals surface area (Å²) in [4.78, 5) is 25.5. The third-order valence-corrected chi connectivity index (χ3v) is 3.95. The molecule has 126 valence electrons. The fourth-order valence-corrected chi connectivity index (χ4v) is 2.94. The monoisotopic (exact) mass is 319 g/mol. The van der Waals surface area contributed by atoms with Crippen molar-refractivity contribution in [3.05, 3.63) is 35.4 Å². The van der Waals surface area contributed by atoms with Crippen LogP contribution in [0.25, 0.3) is 0 Å². The molecule has 0 aliphatic carbocycles. The van der Waals surface area contributed by atoms with E-state index in [4.69, 9.17) is 4.74 Å². The third kappa shape index (κ3) is 4.71. The molecule has 1 aromatic rings. The van der Waals surface area contributed by atoms with Crippen LogP contribution in [-0.2, 0) is 4.74 Å². The first-order valence-electron chi connectivity index (χ1n) is 8.08. The largest absolute Gasteiger partial charge is 0.478 e. The van der Waals surface area contributed by atoms with Crippen molar-refractivity contribution in [1.29, 1.82) is 0 Å². The number of amides is 1. The molecular weight excluding hydrogens is 294 g/mol. The number of rotatable bonds is 2. The van der Waals surface area contributed by atoms with Gasteiger partial charge >= 0.3 is 12.1 Å². The Morgan fingerprint density at radius 1 is 1.22 bits per heavy atom. The molecule has 1 saturated heterocycles. The Bertz CT molecular complexity index is 577. The average Bonchev–Trinajstić information content (AvgIpc) is 2.71. The van der Waals surface area contributed by atoms with Gasteiger partial charge in [0.25, 0.3) is 0 Å². The van der Waals surface area contributed by atoms with Crippen LogP contribution < -0.4 is 0 Å². The number of ether oxygens (including phenoxy) is 1. The Labute approximate surface area is 137 Å². The van der Waals surface area contributed by atoms with E-state index in [1.807, 2.05) is 32.9 Å². The standard InChI is InChI=1S/C18H25NO4/c1-18(2,3)23-17(22)19-11-7-6-8-13(12-19)14-9-4-5-10-15(14)16(20)21/h4-5,9-10,13H,6-8,11-12H2,1-3H3,(H,20,21)/t13-/m0/s1. The van der Waals surface area contributed by atoms with E-state index in [0.29, 0.717) is 18.7 Å². The maximum Gasteiger partial charge on any atom is 0.410 e. The zero-order chi connectivity index (χ0) is 17.0. The van der Waals surface area contributed by atoms with E-state index in [2.05, 4.69) is 0 Å². The maximum absolute atomic E-state index is 12.3. The number of likely N-dealkylation sites (tertiary alicyclic amines) is 1. The van der Waals surface area contributed by atoms with Crippen LogP contribution in [0.3, 0.4) is 0 Å². The van der Waals surface area contributed by atoms with Crippen molar-refractivity contribution < 1.29 is 19.4 Å². The average molecular weight is 319 g/mol. The van der Waals surface area contributed by atoms with Crippen LogP contribution in [0.1, 0.15) is 61.9 Å². The molecule has 1 aromatic carbocycles. The third-order valence-electron chi connectivity index (χ3n) is 3.95. The number of carbonyl (C=O) groups is 2. The molecule has 1 aliphatic heterocycles. The first-order valence-corrected chi connectivity index (χ1v) is 8.08. The summed E-state index contributed by atoms with van der Waals surface area (Å²) in [5.74, 6) is -0.897. The Balaban J connectivity index is 2.20. The summed E-state index contributed by atoms with van der Waals surface area (Å²) < 4.78 is 5.47. The number of nitrogens with zero attached hydrogens (tertiary/aromatic N) is 1. The minimum Gasteiger partial charge on any atom is -0.478 e. The first-order chi connectivity index (χ1) is 10.8. The quantitative estimate of drug-likeness (QED) is 0.898. The lowest BCUT2D eigenvalue weighted by Crippen LogP contribution is -2.38. The number of carbonyl (C=O) groups excluding carboxylic acids is 1. The lowest BCUT2D eigenvalue weighted by atomic mass is 9.90. The van der Waals surface area contributed by atoms with Gasteiger partial charge in [0.2, 0.25) is 0 Å². The first kappa shape index (κ1) is 17.3. The van der Waals surface area contributed by atoms with Gasteiger partial charge in [-0.25, -0.2) is 9.59 Å². The summed E-state index contributed by atoms with van der Waals surface area (Å²) in [5, 5.41) is 9.39. The second-order valence-corrected chi connectivity index (χ2v) is 7.01. The molecule has 1 heterocycles. The summed E-state index contributed by atoms with van der Waals surface area (Å²) in [5.41, 5.74) is 0.594. The van der Waals surface area contributed by atoms with E-state index in [9.17, 15) is 14.7 Å². The van der Waals surface area contributed by atoms with Gasteiger partial charge in [0.1, 0.15) is 5.60 Å². The van der Waals surface area contributed by atoms with Gasteiger partial charge in [-0.2, -0.15) is 0 Å². The highest BCUT2D eigenvalue weighted by Gasteiger charge is 2.28. The topological polar surface area (TPSA) is 66.8 Å². The van der Waals surface area contributed by atoms with Gasteiger partial charge in [-0.1, -0.05) is 24.6 Å². The van der Waals surface area contributed by atoms with E-state index in [1.165, 1.54) is 0 Å². The molecule has 23 heavy (non-hydrogen) atoms. The molecule has 0 spiro atoms. The van der Waals surface area contributed by atoms with E-state index in [0.717, 1.165) is 24.8 Å². The van der Waals surface area contributed by atoms with Gasteiger partial charge < -0.3 is 14.7 Å². The molecule has 5 nitrogen and oxygen atoms in total. The lowest BCUT2D eigenvalue weighted by molar-refractivity contribution is 0.0249. The molecule has 1 amide bonds. The molecule has 1 atom stereocenters. The number of carboxylic acid groups (broad SMARTS) is 1. The van der Waals surface area contributed by atoms with Gasteiger partial charge in [0, 0.05) is 19.0 Å². The second-order valence-electron chi connectivity index (χ2n) is 7.01. The summed E-state index contributed by atoms with van der Waals surface area (Å²) in [6, 6.07) is 7.06. The molecule has 1 fully saturated rings. The molecule has 0 bridgehead atoms. The van der Waals surface area contributed by atoms with Crippen LogP contribution in [-0.4, -0.2) is 40.8 Å². The summed E-state index contributed by atoms with van der Waals surface area (Å²) >= 11 is 0. The van der Waals surface area contributed by atoms with Crippen molar-refractivity contribution in [1.82, 2.24) is 4.90 Å². The number of hydrogen-bond acceptors (Lipinski definition) is 3. The van der Waals surface area contributed by atoms with Crippen LogP contribution in [0.5, 0.6) is 0 Å². The molecular formula is C18H25NO4. The van der Waals surface area contributed by atoms with Crippen LogP contribution in [0, 0.1) is 0 Å². The van der Waals surface area contributed by atoms with Crippen LogP contribution in [0.4, 0.5) is 4.79 Å². The molecule has 0 aromatic heterocycles. The van der Waals surface area contributed by atoms with E-state index in [-0.39, 0.29) is 12.0 Å². The van der Waals surface area contributed by atoms with Gasteiger partial charge in [-0.3, -0.25) is 0 Å². The summed E-state index contributed by atoms with van der Waals surface area (Å²) in [6.45, 7) is 6.69. The van der Waals surface area contributed by atoms with Crippen LogP contribution >= 0.6 is 0 Å². The van der Waals surface area contributed by atoms with Crippen molar-refractivity contribution in [3.8, 4) is 0 Å². The van der Waals surface area contributed by atoms with Crippen molar-refractivity contribution in [2.75, 3.05) is 13.1 Å². The Hall–Kier alpha value is -2.04. The van der Waals surface area contributed by atoms with Crippen LogP contribution in [0.2, 0.25) is 0 Å². The number of benzene rings is 1. The van der Waals surface area contributed by atoms with E-state index < -0.39 is 11.6 Å². The van der Waals surface area contributed by atoms with E-state index >= 15 is 0 Å². The molecule has 5 heteroatoms. The zero-order valence-corrected chi connectivity index (χ0v) is 14.0. The summed E-state index contributed by atoms with van der Waals surface area (Å²) in [7, 11) is 0. The zero-order valence-electron chi connectivity index (χ0n) is 14.0. The summed E-state index contributed by atoms with van der Waals surface area (Å²) in [6.07, 6.45) is 2.43. The number of hydrogen-bond donors (Lipinski definition) is 1. The second kappa shape index (κ2) is 7.02. The highest BCUT2D eigenvalue weighted by atomic mass is 16.6. The van der Waals surface area contributed by atoms with Crippen molar-refractivity contribution in [2.45, 2.75) is 51.6 Å².